The molecule has 8 heteroatoms. The van der Waals surface area contributed by atoms with Crippen molar-refractivity contribution < 1.29 is 9.59 Å². The van der Waals surface area contributed by atoms with Gasteiger partial charge in [-0.05, 0) is 25.2 Å². The van der Waals surface area contributed by atoms with Crippen LogP contribution in [0, 0.1) is 5.92 Å². The standard InChI is InChI=1S/C16H18N4O2S2/c1-23-13-9-18-16(24-13)20-15(22)19-12-8-17-7-6-11(12)14(21)10-4-2-3-5-10/h6-10H,2-5H2,1H3,(H2,18,19,20,22). The number of anilines is 2. The lowest BCUT2D eigenvalue weighted by Gasteiger charge is -2.13. The second-order valence-corrected chi connectivity index (χ2v) is 7.67. The van der Waals surface area contributed by atoms with Gasteiger partial charge in [0.05, 0.1) is 22.3 Å². The molecule has 0 aliphatic heterocycles. The van der Waals surface area contributed by atoms with Gasteiger partial charge < -0.3 is 5.32 Å². The molecule has 0 spiro atoms. The monoisotopic (exact) mass is 362 g/mol. The highest BCUT2D eigenvalue weighted by Gasteiger charge is 2.26. The highest BCUT2D eigenvalue weighted by atomic mass is 32.2. The van der Waals surface area contributed by atoms with Gasteiger partial charge in [-0.2, -0.15) is 0 Å². The summed E-state index contributed by atoms with van der Waals surface area (Å²) in [5, 5.41) is 5.92. The number of urea groups is 1. The normalized spacial score (nSPS) is 14.5. The van der Waals surface area contributed by atoms with E-state index >= 15 is 0 Å². The minimum Gasteiger partial charge on any atom is -0.305 e. The molecular formula is C16H18N4O2S2. The quantitative estimate of drug-likeness (QED) is 0.613. The Kier molecular flexibility index (Phi) is 5.47. The van der Waals surface area contributed by atoms with Crippen molar-refractivity contribution in [3.63, 3.8) is 0 Å². The Morgan fingerprint density at radius 3 is 2.75 bits per heavy atom. The highest BCUT2D eigenvalue weighted by molar-refractivity contribution is 8.00. The molecule has 1 fully saturated rings. The first-order valence-corrected chi connectivity index (χ1v) is 9.77. The Hall–Kier alpha value is -1.93. The zero-order valence-corrected chi connectivity index (χ0v) is 14.9. The lowest BCUT2D eigenvalue weighted by Crippen LogP contribution is -2.22. The van der Waals surface area contributed by atoms with E-state index in [1.165, 1.54) is 17.5 Å². The zero-order chi connectivity index (χ0) is 16.9. The van der Waals surface area contributed by atoms with E-state index in [4.69, 9.17) is 0 Å². The first-order chi connectivity index (χ1) is 11.7. The Balaban J connectivity index is 1.70. The molecule has 0 unspecified atom stereocenters. The van der Waals surface area contributed by atoms with Crippen LogP contribution in [0.1, 0.15) is 36.0 Å². The van der Waals surface area contributed by atoms with Crippen molar-refractivity contribution in [2.75, 3.05) is 16.9 Å². The number of nitrogens with zero attached hydrogens (tertiary/aromatic N) is 2. The van der Waals surface area contributed by atoms with Crippen molar-refractivity contribution >= 4 is 45.7 Å². The summed E-state index contributed by atoms with van der Waals surface area (Å²) >= 11 is 2.97. The molecule has 2 amide bonds. The molecule has 2 aromatic rings. The Bertz CT molecular complexity index is 741. The van der Waals surface area contributed by atoms with E-state index in [1.54, 1.807) is 30.2 Å². The van der Waals surface area contributed by atoms with Gasteiger partial charge >= 0.3 is 6.03 Å². The molecule has 0 aromatic carbocycles. The average Bonchev–Trinajstić information content (AvgIpc) is 3.26. The summed E-state index contributed by atoms with van der Waals surface area (Å²) in [4.78, 5) is 33.0. The number of thioether (sulfide) groups is 1. The van der Waals surface area contributed by atoms with Crippen molar-refractivity contribution in [1.29, 1.82) is 0 Å². The third kappa shape index (κ3) is 3.93. The van der Waals surface area contributed by atoms with Crippen LogP contribution < -0.4 is 10.6 Å². The largest absolute Gasteiger partial charge is 0.325 e. The molecule has 1 aliphatic rings. The molecule has 3 rings (SSSR count). The number of aromatic nitrogens is 2. The maximum atomic E-state index is 12.6. The summed E-state index contributed by atoms with van der Waals surface area (Å²) in [6.07, 6.45) is 10.8. The van der Waals surface area contributed by atoms with Crippen LogP contribution in [0.2, 0.25) is 0 Å². The summed E-state index contributed by atoms with van der Waals surface area (Å²) < 4.78 is 1.02. The Morgan fingerprint density at radius 1 is 1.25 bits per heavy atom. The molecule has 2 aromatic heterocycles. The number of Topliss-reactive ketones (excluding diaryl/α,β-unsaturated/α-hetero) is 1. The van der Waals surface area contributed by atoms with Gasteiger partial charge in [0.1, 0.15) is 0 Å². The van der Waals surface area contributed by atoms with Crippen LogP contribution in [0.4, 0.5) is 15.6 Å². The molecular weight excluding hydrogens is 344 g/mol. The van der Waals surface area contributed by atoms with Crippen molar-refractivity contribution in [3.8, 4) is 0 Å². The SMILES string of the molecule is CSc1cnc(NC(=O)Nc2cnccc2C(=O)C2CCCC2)s1. The van der Waals surface area contributed by atoms with Gasteiger partial charge in [-0.15, -0.1) is 11.8 Å². The fourth-order valence-electron chi connectivity index (χ4n) is 2.78. The molecule has 0 bridgehead atoms. The van der Waals surface area contributed by atoms with Crippen LogP contribution in [0.5, 0.6) is 0 Å². The van der Waals surface area contributed by atoms with Crippen molar-refractivity contribution in [2.45, 2.75) is 29.9 Å². The molecule has 6 nitrogen and oxygen atoms in total. The number of hydrogen-bond donors (Lipinski definition) is 2. The number of carbonyl (C=O) groups excluding carboxylic acids is 2. The van der Waals surface area contributed by atoms with Crippen LogP contribution in [-0.2, 0) is 0 Å². The number of hydrogen-bond acceptors (Lipinski definition) is 6. The molecule has 24 heavy (non-hydrogen) atoms. The predicted molar refractivity (Wildman–Crippen MR) is 97.1 cm³/mol. The smallest absolute Gasteiger partial charge is 0.305 e. The second-order valence-electron chi connectivity index (χ2n) is 5.53. The molecule has 2 N–H and O–H groups in total. The minimum absolute atomic E-state index is 0.0547. The van der Waals surface area contributed by atoms with E-state index in [0.29, 0.717) is 16.4 Å². The molecule has 0 saturated heterocycles. The lowest BCUT2D eigenvalue weighted by atomic mass is 9.96. The maximum Gasteiger partial charge on any atom is 0.325 e. The van der Waals surface area contributed by atoms with Crippen molar-refractivity contribution in [1.82, 2.24) is 9.97 Å². The van der Waals surface area contributed by atoms with Gasteiger partial charge in [-0.1, -0.05) is 24.2 Å². The van der Waals surface area contributed by atoms with Crippen LogP contribution in [0.15, 0.2) is 28.9 Å². The Morgan fingerprint density at radius 2 is 2.04 bits per heavy atom. The van der Waals surface area contributed by atoms with Gasteiger partial charge in [-0.3, -0.25) is 15.1 Å². The first kappa shape index (κ1) is 16.9. The van der Waals surface area contributed by atoms with Gasteiger partial charge in [0, 0.05) is 17.7 Å². The fraction of sp³-hybridized carbons (Fsp3) is 0.375. The lowest BCUT2D eigenvalue weighted by molar-refractivity contribution is 0.0923. The second kappa shape index (κ2) is 7.76. The number of amides is 2. The number of rotatable bonds is 5. The van der Waals surface area contributed by atoms with E-state index in [9.17, 15) is 9.59 Å². The molecule has 0 atom stereocenters. The fourth-order valence-corrected chi connectivity index (χ4v) is 4.05. The molecule has 1 aliphatic carbocycles. The van der Waals surface area contributed by atoms with E-state index in [2.05, 4.69) is 20.6 Å². The highest BCUT2D eigenvalue weighted by Crippen LogP contribution is 2.30. The third-order valence-electron chi connectivity index (χ3n) is 3.97. The zero-order valence-electron chi connectivity index (χ0n) is 13.2. The number of nitrogens with one attached hydrogen (secondary N) is 2. The number of pyridine rings is 1. The van der Waals surface area contributed by atoms with Crippen molar-refractivity contribution in [2.24, 2.45) is 5.92 Å². The number of ketones is 1. The number of thiazole rings is 1. The topological polar surface area (TPSA) is 84.0 Å². The summed E-state index contributed by atoms with van der Waals surface area (Å²) in [6.45, 7) is 0. The van der Waals surface area contributed by atoms with E-state index in [0.717, 1.165) is 29.9 Å². The van der Waals surface area contributed by atoms with E-state index in [-0.39, 0.29) is 11.7 Å². The van der Waals surface area contributed by atoms with Crippen LogP contribution in [0.25, 0.3) is 0 Å². The summed E-state index contributed by atoms with van der Waals surface area (Å²) in [5.41, 5.74) is 0.963. The molecule has 2 heterocycles. The number of carbonyl (C=O) groups is 2. The maximum absolute atomic E-state index is 12.6. The predicted octanol–water partition coefficient (Wildman–Crippen LogP) is 4.28. The van der Waals surface area contributed by atoms with Crippen molar-refractivity contribution in [3.05, 3.63) is 30.2 Å². The van der Waals surface area contributed by atoms with Gasteiger partial charge in [-0.25, -0.2) is 9.78 Å². The van der Waals surface area contributed by atoms with Gasteiger partial charge in [0.25, 0.3) is 0 Å². The average molecular weight is 362 g/mol. The van der Waals surface area contributed by atoms with E-state index < -0.39 is 6.03 Å². The van der Waals surface area contributed by atoms with Gasteiger partial charge in [0.15, 0.2) is 10.9 Å². The van der Waals surface area contributed by atoms with Crippen LogP contribution in [0.3, 0.4) is 0 Å². The summed E-state index contributed by atoms with van der Waals surface area (Å²) in [5.74, 6) is 0.142. The summed E-state index contributed by atoms with van der Waals surface area (Å²) in [6, 6.07) is 1.25. The van der Waals surface area contributed by atoms with Crippen LogP contribution in [-0.4, -0.2) is 28.0 Å². The first-order valence-electron chi connectivity index (χ1n) is 7.73. The molecule has 1 saturated carbocycles. The van der Waals surface area contributed by atoms with Crippen LogP contribution >= 0.6 is 23.1 Å². The third-order valence-corrected chi connectivity index (χ3v) is 5.93. The minimum atomic E-state index is -0.425. The molecule has 126 valence electrons. The Labute approximate surface area is 148 Å². The summed E-state index contributed by atoms with van der Waals surface area (Å²) in [7, 11) is 0. The molecule has 0 radical (unpaired) electrons. The van der Waals surface area contributed by atoms with Gasteiger partial charge in [0.2, 0.25) is 0 Å². The van der Waals surface area contributed by atoms with E-state index in [1.807, 2.05) is 6.26 Å².